The summed E-state index contributed by atoms with van der Waals surface area (Å²) in [5.74, 6) is 0.133. The fraction of sp³-hybridized carbons (Fsp3) is 0.412. The fourth-order valence-corrected chi connectivity index (χ4v) is 1.99. The van der Waals surface area contributed by atoms with Gasteiger partial charge in [0.2, 0.25) is 0 Å². The fourth-order valence-electron chi connectivity index (χ4n) is 1.99. The van der Waals surface area contributed by atoms with E-state index in [1.807, 2.05) is 12.1 Å². The molecular formula is C17H24FN. The van der Waals surface area contributed by atoms with Crippen LogP contribution in [0, 0.1) is 11.7 Å². The first kappa shape index (κ1) is 15.5. The molecule has 0 saturated carbocycles. The summed E-state index contributed by atoms with van der Waals surface area (Å²) in [4.78, 5) is 2.15. The van der Waals surface area contributed by atoms with Crippen molar-refractivity contribution >= 4 is 5.69 Å². The van der Waals surface area contributed by atoms with Gasteiger partial charge in [-0.3, -0.25) is 0 Å². The Morgan fingerprint density at radius 2 is 1.84 bits per heavy atom. The first-order valence-corrected chi connectivity index (χ1v) is 6.94. The number of hydrogen-bond acceptors (Lipinski definition) is 1. The van der Waals surface area contributed by atoms with Gasteiger partial charge in [-0.15, -0.1) is 0 Å². The van der Waals surface area contributed by atoms with Crippen LogP contribution in [0.1, 0.15) is 40.5 Å². The van der Waals surface area contributed by atoms with Crippen LogP contribution in [0.15, 0.2) is 48.3 Å². The van der Waals surface area contributed by atoms with E-state index in [0.29, 0.717) is 5.92 Å². The number of halogens is 1. The molecule has 0 aliphatic carbocycles. The van der Waals surface area contributed by atoms with Gasteiger partial charge in [-0.1, -0.05) is 40.3 Å². The lowest BCUT2D eigenvalue weighted by atomic mass is 10.1. The Morgan fingerprint density at radius 1 is 1.26 bits per heavy atom. The van der Waals surface area contributed by atoms with Gasteiger partial charge in [0.25, 0.3) is 0 Å². The Hall–Kier alpha value is -1.57. The molecule has 0 aliphatic rings. The Kier molecular flexibility index (Phi) is 5.81. The van der Waals surface area contributed by atoms with E-state index in [2.05, 4.69) is 45.2 Å². The van der Waals surface area contributed by atoms with Crippen molar-refractivity contribution in [2.24, 2.45) is 5.92 Å². The average Bonchev–Trinajstić information content (AvgIpc) is 2.39. The second-order valence-electron chi connectivity index (χ2n) is 4.92. The topological polar surface area (TPSA) is 3.24 Å². The van der Waals surface area contributed by atoms with Crippen LogP contribution >= 0.6 is 0 Å². The van der Waals surface area contributed by atoms with Gasteiger partial charge in [0.05, 0.1) is 0 Å². The predicted molar refractivity (Wildman–Crippen MR) is 81.5 cm³/mol. The molecular weight excluding hydrogens is 237 g/mol. The van der Waals surface area contributed by atoms with Crippen LogP contribution in [0.2, 0.25) is 0 Å². The second-order valence-corrected chi connectivity index (χ2v) is 4.92. The quantitative estimate of drug-likeness (QED) is 0.653. The summed E-state index contributed by atoms with van der Waals surface area (Å²) in [7, 11) is 0. The third-order valence-corrected chi connectivity index (χ3v) is 3.13. The van der Waals surface area contributed by atoms with E-state index < -0.39 is 0 Å². The first-order valence-electron chi connectivity index (χ1n) is 6.94. The summed E-state index contributed by atoms with van der Waals surface area (Å²) in [6, 6.07) is 6.61. The molecule has 0 amide bonds. The van der Waals surface area contributed by atoms with Crippen LogP contribution in [-0.4, -0.2) is 0 Å². The molecule has 0 N–H and O–H groups in total. The molecule has 0 radical (unpaired) electrons. The summed E-state index contributed by atoms with van der Waals surface area (Å²) in [5, 5.41) is 0. The molecule has 0 heterocycles. The smallest absolute Gasteiger partial charge is 0.123 e. The highest BCUT2D eigenvalue weighted by atomic mass is 19.1. The van der Waals surface area contributed by atoms with E-state index in [1.54, 1.807) is 0 Å². The number of rotatable bonds is 6. The highest BCUT2D eigenvalue weighted by molar-refractivity contribution is 5.57. The van der Waals surface area contributed by atoms with Crippen LogP contribution in [0.4, 0.5) is 10.1 Å². The second kappa shape index (κ2) is 7.13. The summed E-state index contributed by atoms with van der Waals surface area (Å²) in [6.07, 6.45) is 4.11. The van der Waals surface area contributed by atoms with Crippen LogP contribution in [0.3, 0.4) is 0 Å². The summed E-state index contributed by atoms with van der Waals surface area (Å²) < 4.78 is 13.1. The van der Waals surface area contributed by atoms with Crippen LogP contribution in [-0.2, 0) is 0 Å². The van der Waals surface area contributed by atoms with Crippen molar-refractivity contribution in [1.82, 2.24) is 0 Å². The molecule has 1 rings (SSSR count). The SMILES string of the molecule is C=C(C(C)C)N(/C(=C/CC)CC)c1ccc(F)cc1. The van der Waals surface area contributed by atoms with Crippen molar-refractivity contribution in [3.05, 3.63) is 54.1 Å². The minimum absolute atomic E-state index is 0.212. The lowest BCUT2D eigenvalue weighted by Crippen LogP contribution is -2.24. The van der Waals surface area contributed by atoms with Crippen molar-refractivity contribution < 1.29 is 4.39 Å². The van der Waals surface area contributed by atoms with Crippen LogP contribution in [0.25, 0.3) is 0 Å². The Morgan fingerprint density at radius 3 is 2.26 bits per heavy atom. The largest absolute Gasteiger partial charge is 0.319 e. The minimum Gasteiger partial charge on any atom is -0.319 e. The van der Waals surface area contributed by atoms with E-state index in [9.17, 15) is 4.39 Å². The van der Waals surface area contributed by atoms with Gasteiger partial charge in [-0.25, -0.2) is 4.39 Å². The van der Waals surface area contributed by atoms with E-state index in [-0.39, 0.29) is 5.82 Å². The third kappa shape index (κ3) is 3.95. The van der Waals surface area contributed by atoms with Gasteiger partial charge in [-0.05, 0) is 43.0 Å². The summed E-state index contributed by atoms with van der Waals surface area (Å²) in [6.45, 7) is 12.7. The Labute approximate surface area is 116 Å². The van der Waals surface area contributed by atoms with Crippen molar-refractivity contribution in [1.29, 1.82) is 0 Å². The normalized spacial score (nSPS) is 11.8. The molecule has 2 heteroatoms. The Balaban J connectivity index is 3.22. The van der Waals surface area contributed by atoms with E-state index in [1.165, 1.54) is 17.8 Å². The van der Waals surface area contributed by atoms with Crippen LogP contribution in [0.5, 0.6) is 0 Å². The molecule has 0 aliphatic heterocycles. The summed E-state index contributed by atoms with van der Waals surface area (Å²) >= 11 is 0. The van der Waals surface area contributed by atoms with E-state index in [0.717, 1.165) is 24.2 Å². The van der Waals surface area contributed by atoms with Crippen LogP contribution < -0.4 is 4.90 Å². The van der Waals surface area contributed by atoms with E-state index >= 15 is 0 Å². The van der Waals surface area contributed by atoms with Gasteiger partial charge in [-0.2, -0.15) is 0 Å². The van der Waals surface area contributed by atoms with Gasteiger partial charge in [0, 0.05) is 17.1 Å². The zero-order chi connectivity index (χ0) is 14.4. The first-order chi connectivity index (χ1) is 9.01. The molecule has 0 spiro atoms. The molecule has 104 valence electrons. The Bertz CT molecular complexity index is 443. The highest BCUT2D eigenvalue weighted by Crippen LogP contribution is 2.29. The van der Waals surface area contributed by atoms with Crippen molar-refractivity contribution in [3.8, 4) is 0 Å². The molecule has 1 aromatic carbocycles. The van der Waals surface area contributed by atoms with Gasteiger partial charge >= 0.3 is 0 Å². The lowest BCUT2D eigenvalue weighted by Gasteiger charge is -2.31. The molecule has 1 nitrogen and oxygen atoms in total. The zero-order valence-corrected chi connectivity index (χ0v) is 12.4. The van der Waals surface area contributed by atoms with Crippen molar-refractivity contribution in [2.45, 2.75) is 40.5 Å². The summed E-state index contributed by atoms with van der Waals surface area (Å²) in [5.41, 5.74) is 3.22. The molecule has 0 fully saturated rings. The van der Waals surface area contributed by atoms with Crippen molar-refractivity contribution in [2.75, 3.05) is 4.90 Å². The molecule has 0 saturated heterocycles. The monoisotopic (exact) mass is 261 g/mol. The minimum atomic E-state index is -0.212. The maximum Gasteiger partial charge on any atom is 0.123 e. The molecule has 1 aromatic rings. The number of hydrogen-bond donors (Lipinski definition) is 0. The van der Waals surface area contributed by atoms with Crippen molar-refractivity contribution in [3.63, 3.8) is 0 Å². The highest BCUT2D eigenvalue weighted by Gasteiger charge is 2.16. The number of allylic oxidation sites excluding steroid dienone is 3. The molecule has 19 heavy (non-hydrogen) atoms. The average molecular weight is 261 g/mol. The maximum atomic E-state index is 13.1. The predicted octanol–water partition coefficient (Wildman–Crippen LogP) is 5.51. The number of anilines is 1. The van der Waals surface area contributed by atoms with E-state index in [4.69, 9.17) is 0 Å². The van der Waals surface area contributed by atoms with Gasteiger partial charge < -0.3 is 4.90 Å². The lowest BCUT2D eigenvalue weighted by molar-refractivity contribution is 0.627. The zero-order valence-electron chi connectivity index (χ0n) is 12.4. The molecule has 0 unspecified atom stereocenters. The molecule has 0 atom stereocenters. The number of nitrogens with zero attached hydrogens (tertiary/aromatic N) is 1. The van der Waals surface area contributed by atoms with Gasteiger partial charge in [0.15, 0.2) is 0 Å². The maximum absolute atomic E-state index is 13.1. The van der Waals surface area contributed by atoms with Gasteiger partial charge in [0.1, 0.15) is 5.82 Å². The number of benzene rings is 1. The standard InChI is InChI=1S/C17H24FN/c1-6-8-16(7-2)19(14(5)13(3)4)17-11-9-15(18)10-12-17/h8-13H,5-7H2,1-4H3/b16-8+. The molecule has 0 bridgehead atoms. The third-order valence-electron chi connectivity index (χ3n) is 3.13. The molecule has 0 aromatic heterocycles.